The predicted octanol–water partition coefficient (Wildman–Crippen LogP) is 5.14. The molecule has 11 heteroatoms. The number of benzene rings is 3. The Kier molecular flexibility index (Phi) is 11.3. The van der Waals surface area contributed by atoms with Crippen molar-refractivity contribution in [3.05, 3.63) is 135 Å². The Morgan fingerprint density at radius 2 is 1.67 bits per heavy atom. The van der Waals surface area contributed by atoms with Gasteiger partial charge in [-0.25, -0.2) is 23.7 Å². The summed E-state index contributed by atoms with van der Waals surface area (Å²) in [4.78, 5) is 55.4. The molecule has 0 unspecified atom stereocenters. The number of fused-ring (bicyclic) bond motifs is 1. The largest absolute Gasteiger partial charge is 0.342 e. The predicted molar refractivity (Wildman–Crippen MR) is 183 cm³/mol. The molecule has 1 amide bonds. The van der Waals surface area contributed by atoms with Gasteiger partial charge in [-0.3, -0.25) is 19.0 Å². The number of hydrogen-bond acceptors (Lipinski definition) is 7. The molecule has 0 aliphatic rings. The lowest BCUT2D eigenvalue weighted by Crippen LogP contribution is -2.29. The summed E-state index contributed by atoms with van der Waals surface area (Å²) in [6, 6.07) is 16.5. The van der Waals surface area contributed by atoms with E-state index in [0.29, 0.717) is 29.9 Å². The molecule has 5 aromatic rings. The second-order valence-electron chi connectivity index (χ2n) is 12.0. The third-order valence-corrected chi connectivity index (χ3v) is 7.89. The molecule has 0 atom stereocenters. The van der Waals surface area contributed by atoms with Crippen LogP contribution in [0.5, 0.6) is 0 Å². The van der Waals surface area contributed by atoms with Gasteiger partial charge in [0.05, 0.1) is 18.4 Å². The van der Waals surface area contributed by atoms with Crippen molar-refractivity contribution in [1.29, 1.82) is 0 Å². The third-order valence-electron chi connectivity index (χ3n) is 7.89. The molecule has 0 radical (unpaired) electrons. The highest BCUT2D eigenvalue weighted by molar-refractivity contribution is 5.95. The highest BCUT2D eigenvalue weighted by Gasteiger charge is 2.14. The zero-order valence-electron chi connectivity index (χ0n) is 27.6. The fourth-order valence-electron chi connectivity index (χ4n) is 5.19. The molecular weight excluding hydrogens is 626 g/mol. The van der Waals surface area contributed by atoms with Crippen LogP contribution in [0, 0.1) is 23.5 Å². The van der Waals surface area contributed by atoms with Crippen molar-refractivity contribution < 1.29 is 18.4 Å². The van der Waals surface area contributed by atoms with Gasteiger partial charge in [-0.15, -0.1) is 0 Å². The van der Waals surface area contributed by atoms with E-state index in [1.165, 1.54) is 23.2 Å². The number of halogens is 2. The summed E-state index contributed by atoms with van der Waals surface area (Å²) < 4.78 is 28.0. The molecule has 49 heavy (non-hydrogen) atoms. The number of carbonyl (C=O) groups is 2. The van der Waals surface area contributed by atoms with Crippen molar-refractivity contribution >= 4 is 22.6 Å². The average molecular weight is 663 g/mol. The first-order valence-electron chi connectivity index (χ1n) is 15.8. The van der Waals surface area contributed by atoms with Gasteiger partial charge >= 0.3 is 0 Å². The Morgan fingerprint density at radius 1 is 0.898 bits per heavy atom. The highest BCUT2D eigenvalue weighted by Crippen LogP contribution is 2.16. The molecular formula is C38H36F2N6O3. The van der Waals surface area contributed by atoms with Crippen LogP contribution in [-0.2, 0) is 13.0 Å². The summed E-state index contributed by atoms with van der Waals surface area (Å²) >= 11 is 0. The normalized spacial score (nSPS) is 11.0. The summed E-state index contributed by atoms with van der Waals surface area (Å²) in [5.74, 6) is 4.28. The smallest absolute Gasteiger partial charge is 0.264 e. The van der Waals surface area contributed by atoms with Crippen LogP contribution in [0.1, 0.15) is 62.5 Å². The van der Waals surface area contributed by atoms with Crippen LogP contribution in [0.15, 0.2) is 84.2 Å². The van der Waals surface area contributed by atoms with Crippen LogP contribution in [0.2, 0.25) is 0 Å². The van der Waals surface area contributed by atoms with Crippen molar-refractivity contribution in [3.63, 3.8) is 0 Å². The second-order valence-corrected chi connectivity index (χ2v) is 12.0. The van der Waals surface area contributed by atoms with E-state index >= 15 is 0 Å². The van der Waals surface area contributed by atoms with E-state index in [9.17, 15) is 23.2 Å². The fraction of sp³-hybridized carbons (Fsp3) is 0.263. The molecule has 2 heterocycles. The number of Topliss-reactive ketones (excluding diaryl/α,β-unsaturated/α-hetero) is 1. The average Bonchev–Trinajstić information content (AvgIpc) is 3.09. The quantitative estimate of drug-likeness (QED) is 0.135. The molecule has 0 fully saturated rings. The Morgan fingerprint density at radius 3 is 2.43 bits per heavy atom. The number of ketones is 1. The van der Waals surface area contributed by atoms with E-state index in [1.807, 2.05) is 63.6 Å². The summed E-state index contributed by atoms with van der Waals surface area (Å²) in [6.45, 7) is 1.57. The first-order valence-corrected chi connectivity index (χ1v) is 15.8. The van der Waals surface area contributed by atoms with Crippen LogP contribution in [0.4, 0.5) is 8.78 Å². The standard InChI is InChI=1S/C38H36F2N6O3/c1-44(2)17-6-18-45(3)37(48)29-13-9-27(10-14-29)21-36-42-22-30-19-26(12-16-34(30)43-36)7-4-5-8-35(47)31-23-41-25-46(38(31)49)24-28-11-15-32(39)33(40)20-28/h9-16,19-20,22-23,25H,5-6,8,17-18,21,24H2,1-3H3. The molecule has 9 nitrogen and oxygen atoms in total. The van der Waals surface area contributed by atoms with Gasteiger partial charge in [-0.05, 0) is 80.7 Å². The van der Waals surface area contributed by atoms with E-state index in [-0.39, 0.29) is 30.9 Å². The van der Waals surface area contributed by atoms with Crippen molar-refractivity contribution in [3.8, 4) is 11.8 Å². The van der Waals surface area contributed by atoms with Gasteiger partial charge in [0.15, 0.2) is 17.4 Å². The molecule has 0 aliphatic carbocycles. The molecule has 0 aliphatic heterocycles. The first kappa shape index (κ1) is 34.7. The third kappa shape index (κ3) is 9.27. The molecule has 0 saturated heterocycles. The van der Waals surface area contributed by atoms with Crippen LogP contribution in [0.25, 0.3) is 10.9 Å². The van der Waals surface area contributed by atoms with Crippen molar-refractivity contribution in [2.24, 2.45) is 0 Å². The topological polar surface area (TPSA) is 101 Å². The van der Waals surface area contributed by atoms with Gasteiger partial charge in [0.1, 0.15) is 11.4 Å². The van der Waals surface area contributed by atoms with Gasteiger partial charge in [0.2, 0.25) is 0 Å². The maximum atomic E-state index is 13.6. The van der Waals surface area contributed by atoms with Crippen LogP contribution < -0.4 is 5.56 Å². The van der Waals surface area contributed by atoms with Crippen LogP contribution in [0.3, 0.4) is 0 Å². The Bertz CT molecular complexity index is 2100. The number of carbonyl (C=O) groups excluding carboxylic acids is 2. The lowest BCUT2D eigenvalue weighted by atomic mass is 10.1. The summed E-state index contributed by atoms with van der Waals surface area (Å²) in [5.41, 5.74) is 2.86. The Balaban J connectivity index is 1.15. The van der Waals surface area contributed by atoms with Gasteiger partial charge in [0.25, 0.3) is 11.5 Å². The van der Waals surface area contributed by atoms with Crippen molar-refractivity contribution in [1.82, 2.24) is 29.3 Å². The molecule has 3 aromatic carbocycles. The Hall–Kier alpha value is -5.60. The lowest BCUT2D eigenvalue weighted by Gasteiger charge is -2.18. The zero-order chi connectivity index (χ0) is 34.9. The Labute approximate surface area is 283 Å². The lowest BCUT2D eigenvalue weighted by molar-refractivity contribution is 0.0790. The molecule has 0 saturated carbocycles. The number of nitrogens with zero attached hydrogens (tertiary/aromatic N) is 6. The minimum absolute atomic E-state index is 0.00443. The van der Waals surface area contributed by atoms with Gasteiger partial charge in [-0.1, -0.05) is 30.0 Å². The second kappa shape index (κ2) is 16.0. The summed E-state index contributed by atoms with van der Waals surface area (Å²) in [6.07, 6.45) is 5.88. The van der Waals surface area contributed by atoms with Gasteiger partial charge in [-0.2, -0.15) is 0 Å². The fourth-order valence-corrected chi connectivity index (χ4v) is 5.19. The summed E-state index contributed by atoms with van der Waals surface area (Å²) in [7, 11) is 5.85. The number of amides is 1. The van der Waals surface area contributed by atoms with E-state index in [0.717, 1.165) is 47.1 Å². The summed E-state index contributed by atoms with van der Waals surface area (Å²) in [5, 5.41) is 0.821. The molecule has 2 aromatic heterocycles. The molecule has 0 N–H and O–H groups in total. The maximum absolute atomic E-state index is 13.6. The van der Waals surface area contributed by atoms with Gasteiger partial charge in [0, 0.05) is 61.8 Å². The monoisotopic (exact) mass is 662 g/mol. The maximum Gasteiger partial charge on any atom is 0.264 e. The number of aromatic nitrogens is 4. The van der Waals surface area contributed by atoms with Crippen molar-refractivity contribution in [2.75, 3.05) is 34.2 Å². The van der Waals surface area contributed by atoms with E-state index in [1.54, 1.807) is 11.1 Å². The van der Waals surface area contributed by atoms with Crippen LogP contribution in [-0.4, -0.2) is 75.2 Å². The highest BCUT2D eigenvalue weighted by atomic mass is 19.2. The van der Waals surface area contributed by atoms with E-state index in [4.69, 9.17) is 4.98 Å². The molecule has 0 spiro atoms. The van der Waals surface area contributed by atoms with Crippen LogP contribution >= 0.6 is 0 Å². The van der Waals surface area contributed by atoms with E-state index < -0.39 is 23.0 Å². The number of rotatable bonds is 12. The van der Waals surface area contributed by atoms with Crippen molar-refractivity contribution in [2.45, 2.75) is 32.2 Å². The molecule has 250 valence electrons. The minimum Gasteiger partial charge on any atom is -0.342 e. The number of hydrogen-bond donors (Lipinski definition) is 0. The SMILES string of the molecule is CN(C)CCCN(C)C(=O)c1ccc(Cc2ncc3cc(C#CCCC(=O)c4cncn(Cc5ccc(F)c(F)c5)c4=O)ccc3n2)cc1. The minimum atomic E-state index is -1.02. The zero-order valence-corrected chi connectivity index (χ0v) is 27.6. The molecule has 5 rings (SSSR count). The van der Waals surface area contributed by atoms with Gasteiger partial charge < -0.3 is 9.80 Å². The van der Waals surface area contributed by atoms with E-state index in [2.05, 4.69) is 26.7 Å². The first-order chi connectivity index (χ1) is 23.6. The molecule has 0 bridgehead atoms.